The van der Waals surface area contributed by atoms with Crippen molar-refractivity contribution in [3.8, 4) is 0 Å². The first-order valence-electron chi connectivity index (χ1n) is 6.02. The van der Waals surface area contributed by atoms with E-state index < -0.39 is 0 Å². The average Bonchev–Trinajstić information content (AvgIpc) is 2.35. The van der Waals surface area contributed by atoms with Gasteiger partial charge < -0.3 is 15.4 Å². The second kappa shape index (κ2) is 7.28. The van der Waals surface area contributed by atoms with Crippen LogP contribution in [0.3, 0.4) is 0 Å². The molecule has 0 saturated carbocycles. The summed E-state index contributed by atoms with van der Waals surface area (Å²) in [6.45, 7) is 6.55. The third kappa shape index (κ3) is 3.92. The van der Waals surface area contributed by atoms with E-state index in [0.717, 1.165) is 6.54 Å². The van der Waals surface area contributed by atoms with E-state index >= 15 is 0 Å². The van der Waals surface area contributed by atoms with E-state index in [-0.39, 0.29) is 10.8 Å². The number of ether oxygens (including phenoxy) is 1. The Labute approximate surface area is 113 Å². The molecule has 0 aliphatic heterocycles. The lowest BCUT2D eigenvalue weighted by Gasteiger charge is -2.23. The molecule has 0 amide bonds. The zero-order valence-corrected chi connectivity index (χ0v) is 11.6. The Morgan fingerprint density at radius 3 is 2.67 bits per heavy atom. The van der Waals surface area contributed by atoms with Crippen molar-refractivity contribution in [3.05, 3.63) is 29.6 Å². The Hall–Kier alpha value is -1.20. The molecule has 0 aliphatic carbocycles. The highest BCUT2D eigenvalue weighted by Crippen LogP contribution is 2.20. The number of anilines is 1. The predicted molar refractivity (Wildman–Crippen MR) is 76.7 cm³/mol. The van der Waals surface area contributed by atoms with Crippen LogP contribution in [0.25, 0.3) is 0 Å². The van der Waals surface area contributed by atoms with Crippen molar-refractivity contribution in [3.63, 3.8) is 0 Å². The normalized spacial score (nSPS) is 10.4. The molecule has 1 rings (SSSR count). The fraction of sp³-hybridized carbons (Fsp3) is 0.462. The quantitative estimate of drug-likeness (QED) is 0.609. The molecular weight excluding hydrogens is 251 g/mol. The van der Waals surface area contributed by atoms with Crippen LogP contribution in [0.2, 0.25) is 0 Å². The Bertz CT molecular complexity index is 412. The third-order valence-corrected chi connectivity index (χ3v) is 2.90. The molecule has 1 aromatic rings. The standard InChI is InChI=1S/C13H19FN2OS/c1-3-16(7-8-17-4-2)12-6-5-10(13(15)18)9-11(12)14/h5-6,9H,3-4,7-8H2,1-2H3,(H2,15,18). The largest absolute Gasteiger partial charge is 0.389 e. The SMILES string of the molecule is CCOCCN(CC)c1ccc(C(N)=S)cc1F. The van der Waals surface area contributed by atoms with E-state index in [9.17, 15) is 4.39 Å². The second-order valence-electron chi connectivity index (χ2n) is 3.81. The predicted octanol–water partition coefficient (Wildman–Crippen LogP) is 2.32. The molecule has 0 fully saturated rings. The van der Waals surface area contributed by atoms with Gasteiger partial charge in [-0.3, -0.25) is 0 Å². The lowest BCUT2D eigenvalue weighted by Crippen LogP contribution is -2.28. The minimum absolute atomic E-state index is 0.206. The second-order valence-corrected chi connectivity index (χ2v) is 4.25. The summed E-state index contributed by atoms with van der Waals surface area (Å²) in [5, 5.41) is 0. The number of nitrogens with zero attached hydrogens (tertiary/aromatic N) is 1. The van der Waals surface area contributed by atoms with Crippen molar-refractivity contribution >= 4 is 22.9 Å². The highest BCUT2D eigenvalue weighted by Gasteiger charge is 2.11. The van der Waals surface area contributed by atoms with Crippen LogP contribution in [-0.2, 0) is 4.74 Å². The minimum Gasteiger partial charge on any atom is -0.389 e. The van der Waals surface area contributed by atoms with Crippen molar-refractivity contribution in [2.45, 2.75) is 13.8 Å². The summed E-state index contributed by atoms with van der Waals surface area (Å²) in [6.07, 6.45) is 0. The molecule has 0 bridgehead atoms. The Balaban J connectivity index is 2.82. The Kier molecular flexibility index (Phi) is 6.01. The number of benzene rings is 1. The first kappa shape index (κ1) is 14.9. The summed E-state index contributed by atoms with van der Waals surface area (Å²) in [7, 11) is 0. The van der Waals surface area contributed by atoms with Crippen LogP contribution < -0.4 is 10.6 Å². The summed E-state index contributed by atoms with van der Waals surface area (Å²) in [5.74, 6) is -0.307. The highest BCUT2D eigenvalue weighted by molar-refractivity contribution is 7.80. The van der Waals surface area contributed by atoms with E-state index in [0.29, 0.717) is 31.0 Å². The maximum Gasteiger partial charge on any atom is 0.147 e. The molecule has 0 spiro atoms. The van der Waals surface area contributed by atoms with Crippen LogP contribution in [0.5, 0.6) is 0 Å². The lowest BCUT2D eigenvalue weighted by atomic mass is 10.2. The van der Waals surface area contributed by atoms with Gasteiger partial charge in [-0.25, -0.2) is 4.39 Å². The monoisotopic (exact) mass is 270 g/mol. The van der Waals surface area contributed by atoms with Gasteiger partial charge in [0.15, 0.2) is 0 Å². The number of hydrogen-bond donors (Lipinski definition) is 1. The maximum absolute atomic E-state index is 14.0. The van der Waals surface area contributed by atoms with Crippen LogP contribution in [0.4, 0.5) is 10.1 Å². The van der Waals surface area contributed by atoms with Crippen LogP contribution in [0.15, 0.2) is 18.2 Å². The molecule has 100 valence electrons. The number of thiocarbonyl (C=S) groups is 1. The van der Waals surface area contributed by atoms with E-state index in [1.807, 2.05) is 18.7 Å². The Morgan fingerprint density at radius 2 is 2.17 bits per heavy atom. The van der Waals surface area contributed by atoms with Gasteiger partial charge >= 0.3 is 0 Å². The number of hydrogen-bond acceptors (Lipinski definition) is 3. The topological polar surface area (TPSA) is 38.5 Å². The summed E-state index contributed by atoms with van der Waals surface area (Å²) in [4.78, 5) is 2.13. The molecular formula is C13H19FN2OS. The van der Waals surface area contributed by atoms with Gasteiger partial charge in [-0.05, 0) is 32.0 Å². The molecule has 0 aliphatic rings. The van der Waals surface area contributed by atoms with Gasteiger partial charge in [-0.1, -0.05) is 12.2 Å². The summed E-state index contributed by atoms with van der Waals surface area (Å²) < 4.78 is 19.2. The van der Waals surface area contributed by atoms with Crippen molar-refractivity contribution in [2.24, 2.45) is 5.73 Å². The number of halogens is 1. The van der Waals surface area contributed by atoms with Gasteiger partial charge in [0.05, 0.1) is 12.3 Å². The fourth-order valence-electron chi connectivity index (χ4n) is 1.68. The molecule has 0 unspecified atom stereocenters. The zero-order valence-electron chi connectivity index (χ0n) is 10.8. The molecule has 0 atom stereocenters. The summed E-state index contributed by atoms with van der Waals surface area (Å²) >= 11 is 4.82. The molecule has 0 aromatic heterocycles. The van der Waals surface area contributed by atoms with E-state index in [4.69, 9.17) is 22.7 Å². The van der Waals surface area contributed by atoms with Gasteiger partial charge in [0.1, 0.15) is 10.8 Å². The van der Waals surface area contributed by atoms with Crippen molar-refractivity contribution < 1.29 is 9.13 Å². The lowest BCUT2D eigenvalue weighted by molar-refractivity contribution is 0.154. The van der Waals surface area contributed by atoms with Crippen LogP contribution in [-0.4, -0.2) is 31.3 Å². The smallest absolute Gasteiger partial charge is 0.147 e. The van der Waals surface area contributed by atoms with Gasteiger partial charge in [0.2, 0.25) is 0 Å². The number of likely N-dealkylation sites (N-methyl/N-ethyl adjacent to an activating group) is 1. The number of rotatable bonds is 7. The molecule has 5 heteroatoms. The van der Waals surface area contributed by atoms with E-state index in [1.54, 1.807) is 12.1 Å². The third-order valence-electron chi connectivity index (χ3n) is 2.66. The summed E-state index contributed by atoms with van der Waals surface area (Å²) in [6, 6.07) is 4.82. The van der Waals surface area contributed by atoms with Gasteiger partial charge in [-0.15, -0.1) is 0 Å². The van der Waals surface area contributed by atoms with Crippen LogP contribution in [0.1, 0.15) is 19.4 Å². The molecule has 1 aromatic carbocycles. The maximum atomic E-state index is 14.0. The highest BCUT2D eigenvalue weighted by atomic mass is 32.1. The molecule has 0 heterocycles. The first-order valence-corrected chi connectivity index (χ1v) is 6.43. The van der Waals surface area contributed by atoms with Crippen molar-refractivity contribution in [2.75, 3.05) is 31.2 Å². The molecule has 2 N–H and O–H groups in total. The van der Waals surface area contributed by atoms with Crippen LogP contribution >= 0.6 is 12.2 Å². The summed E-state index contributed by atoms with van der Waals surface area (Å²) in [5.41, 5.74) is 6.57. The van der Waals surface area contributed by atoms with E-state index in [2.05, 4.69) is 0 Å². The number of nitrogens with two attached hydrogens (primary N) is 1. The molecule has 0 radical (unpaired) electrons. The van der Waals surface area contributed by atoms with Crippen molar-refractivity contribution in [1.29, 1.82) is 0 Å². The van der Waals surface area contributed by atoms with Gasteiger partial charge in [0.25, 0.3) is 0 Å². The molecule has 18 heavy (non-hydrogen) atoms. The first-order chi connectivity index (χ1) is 8.60. The van der Waals surface area contributed by atoms with Gasteiger partial charge in [0, 0.05) is 25.3 Å². The molecule has 0 saturated heterocycles. The van der Waals surface area contributed by atoms with Crippen molar-refractivity contribution in [1.82, 2.24) is 0 Å². The van der Waals surface area contributed by atoms with Gasteiger partial charge in [-0.2, -0.15) is 0 Å². The van der Waals surface area contributed by atoms with E-state index in [1.165, 1.54) is 6.07 Å². The Morgan fingerprint density at radius 1 is 1.44 bits per heavy atom. The zero-order chi connectivity index (χ0) is 13.5. The molecule has 3 nitrogen and oxygen atoms in total. The van der Waals surface area contributed by atoms with Crippen LogP contribution in [0, 0.1) is 5.82 Å². The fourth-order valence-corrected chi connectivity index (χ4v) is 1.81. The average molecular weight is 270 g/mol. The minimum atomic E-state index is -0.307.